The molecule has 2 fully saturated rings. The molecule has 2 amide bonds. The van der Waals surface area contributed by atoms with Gasteiger partial charge in [-0.3, -0.25) is 0 Å². The number of fused-ring (bicyclic) bond motifs is 1. The van der Waals surface area contributed by atoms with E-state index in [-0.39, 0.29) is 6.03 Å². The molecule has 0 aromatic carbocycles. The molecule has 0 unspecified atom stereocenters. The molecule has 1 aliphatic carbocycles. The van der Waals surface area contributed by atoms with Gasteiger partial charge in [-0.2, -0.15) is 0 Å². The molecule has 21 heavy (non-hydrogen) atoms. The van der Waals surface area contributed by atoms with Crippen LogP contribution in [-0.4, -0.2) is 40.6 Å². The summed E-state index contributed by atoms with van der Waals surface area (Å²) in [7, 11) is 0. The first-order valence-corrected chi connectivity index (χ1v) is 8.10. The quantitative estimate of drug-likeness (QED) is 0.823. The van der Waals surface area contributed by atoms with Crippen LogP contribution in [0.2, 0.25) is 0 Å². The molecule has 0 bridgehead atoms. The summed E-state index contributed by atoms with van der Waals surface area (Å²) in [5.74, 6) is -0.357. The van der Waals surface area contributed by atoms with Crippen LogP contribution in [-0.2, 0) is 4.79 Å². The highest BCUT2D eigenvalue weighted by Crippen LogP contribution is 2.35. The van der Waals surface area contributed by atoms with Crippen molar-refractivity contribution in [3.05, 3.63) is 0 Å². The third-order valence-electron chi connectivity index (χ3n) is 4.88. The first-order valence-electron chi connectivity index (χ1n) is 8.10. The van der Waals surface area contributed by atoms with E-state index >= 15 is 0 Å². The van der Waals surface area contributed by atoms with Crippen LogP contribution in [0, 0.1) is 11.3 Å². The minimum absolute atomic E-state index is 0.200. The van der Waals surface area contributed by atoms with Crippen LogP contribution >= 0.6 is 0 Å². The van der Waals surface area contributed by atoms with Crippen LogP contribution in [0.3, 0.4) is 0 Å². The summed E-state index contributed by atoms with van der Waals surface area (Å²) < 4.78 is 0. The van der Waals surface area contributed by atoms with Gasteiger partial charge in [-0.15, -0.1) is 0 Å². The van der Waals surface area contributed by atoms with Crippen molar-refractivity contribution >= 4 is 12.0 Å². The Hall–Kier alpha value is -1.26. The molecular weight excluding hydrogens is 268 g/mol. The van der Waals surface area contributed by atoms with Crippen LogP contribution < -0.4 is 5.32 Å². The number of carbonyl (C=O) groups is 2. The average Bonchev–Trinajstić information content (AvgIpc) is 2.42. The molecule has 0 radical (unpaired) electrons. The molecule has 3 atom stereocenters. The van der Waals surface area contributed by atoms with E-state index in [1.54, 1.807) is 0 Å². The van der Waals surface area contributed by atoms with Crippen LogP contribution in [0.15, 0.2) is 0 Å². The van der Waals surface area contributed by atoms with Crippen LogP contribution in [0.25, 0.3) is 0 Å². The van der Waals surface area contributed by atoms with Crippen LogP contribution in [0.5, 0.6) is 0 Å². The number of piperidine rings is 1. The van der Waals surface area contributed by atoms with E-state index in [0.29, 0.717) is 12.0 Å². The predicted molar refractivity (Wildman–Crippen MR) is 81.1 cm³/mol. The van der Waals surface area contributed by atoms with Crippen LogP contribution in [0.1, 0.15) is 59.3 Å². The Bertz CT molecular complexity index is 401. The molecule has 0 aromatic heterocycles. The number of nitrogens with zero attached hydrogens (tertiary/aromatic N) is 1. The van der Waals surface area contributed by atoms with E-state index in [4.69, 9.17) is 0 Å². The van der Waals surface area contributed by atoms with E-state index in [1.165, 1.54) is 25.7 Å². The number of likely N-dealkylation sites (tertiary alicyclic amines) is 1. The lowest BCUT2D eigenvalue weighted by Crippen LogP contribution is -2.58. The molecule has 5 heteroatoms. The molecular formula is C16H28N2O3. The zero-order valence-electron chi connectivity index (χ0n) is 13.4. The third-order valence-corrected chi connectivity index (χ3v) is 4.88. The number of hydrogen-bond donors (Lipinski definition) is 2. The van der Waals surface area contributed by atoms with Crippen molar-refractivity contribution in [2.45, 2.75) is 71.4 Å². The van der Waals surface area contributed by atoms with Crippen molar-refractivity contribution in [3.63, 3.8) is 0 Å². The molecule has 1 heterocycles. The minimum Gasteiger partial charge on any atom is -0.480 e. The number of hydrogen-bond acceptors (Lipinski definition) is 2. The summed E-state index contributed by atoms with van der Waals surface area (Å²) in [5, 5.41) is 12.1. The molecule has 2 N–H and O–H groups in total. The summed E-state index contributed by atoms with van der Waals surface area (Å²) in [4.78, 5) is 25.9. The number of carboxylic acid groups (broad SMARTS) is 1. The fourth-order valence-corrected chi connectivity index (χ4v) is 3.73. The Balaban J connectivity index is 2.06. The third kappa shape index (κ3) is 3.69. The topological polar surface area (TPSA) is 69.6 Å². The molecule has 5 nitrogen and oxygen atoms in total. The molecule has 0 spiro atoms. The molecule has 2 aliphatic rings. The van der Waals surface area contributed by atoms with Gasteiger partial charge < -0.3 is 15.3 Å². The lowest BCUT2D eigenvalue weighted by Gasteiger charge is -2.44. The fourth-order valence-electron chi connectivity index (χ4n) is 3.73. The first kappa shape index (κ1) is 16.1. The number of amides is 2. The van der Waals surface area contributed by atoms with Gasteiger partial charge in [0.05, 0.1) is 0 Å². The smallest absolute Gasteiger partial charge is 0.326 e. The lowest BCUT2D eigenvalue weighted by atomic mass is 9.78. The summed E-state index contributed by atoms with van der Waals surface area (Å²) in [5.41, 5.74) is -0.497. The van der Waals surface area contributed by atoms with Crippen molar-refractivity contribution in [1.82, 2.24) is 10.2 Å². The van der Waals surface area contributed by atoms with Gasteiger partial charge in [0.15, 0.2) is 0 Å². The Morgan fingerprint density at radius 3 is 2.38 bits per heavy atom. The van der Waals surface area contributed by atoms with E-state index in [2.05, 4.69) is 5.32 Å². The molecule has 1 saturated heterocycles. The summed E-state index contributed by atoms with van der Waals surface area (Å²) in [6.07, 6.45) is 6.93. The Labute approximate surface area is 127 Å². The molecule has 2 rings (SSSR count). The molecule has 1 aliphatic heterocycles. The van der Waals surface area contributed by atoms with Gasteiger partial charge in [0, 0.05) is 12.6 Å². The van der Waals surface area contributed by atoms with Gasteiger partial charge in [0.1, 0.15) is 6.04 Å². The zero-order chi connectivity index (χ0) is 15.6. The summed E-state index contributed by atoms with van der Waals surface area (Å²) in [6, 6.07) is -0.746. The Morgan fingerprint density at radius 2 is 1.76 bits per heavy atom. The maximum absolute atomic E-state index is 12.6. The van der Waals surface area contributed by atoms with E-state index in [1.807, 2.05) is 25.7 Å². The number of nitrogens with one attached hydrogen (secondary N) is 1. The van der Waals surface area contributed by atoms with Gasteiger partial charge in [0.25, 0.3) is 0 Å². The number of rotatable bonds is 2. The summed E-state index contributed by atoms with van der Waals surface area (Å²) >= 11 is 0. The van der Waals surface area contributed by atoms with Crippen LogP contribution in [0.4, 0.5) is 4.79 Å². The van der Waals surface area contributed by atoms with Crippen molar-refractivity contribution < 1.29 is 14.7 Å². The van der Waals surface area contributed by atoms with Crippen molar-refractivity contribution in [3.8, 4) is 0 Å². The molecule has 0 aromatic rings. The SMILES string of the molecule is CC(C)(C)[C@@H](NC(=O)N1CCC[C@H]2CCCC[C@H]21)C(=O)O. The van der Waals surface area contributed by atoms with Gasteiger partial charge >= 0.3 is 12.0 Å². The van der Waals surface area contributed by atoms with E-state index < -0.39 is 17.4 Å². The largest absolute Gasteiger partial charge is 0.480 e. The second kappa shape index (κ2) is 6.24. The Kier molecular flexibility index (Phi) is 4.79. The van der Waals surface area contributed by atoms with Gasteiger partial charge in [-0.25, -0.2) is 9.59 Å². The number of urea groups is 1. The zero-order valence-corrected chi connectivity index (χ0v) is 13.4. The second-order valence-corrected chi connectivity index (χ2v) is 7.53. The minimum atomic E-state index is -0.965. The normalized spacial score (nSPS) is 27.7. The predicted octanol–water partition coefficient (Wildman–Crippen LogP) is 2.85. The highest BCUT2D eigenvalue weighted by atomic mass is 16.4. The second-order valence-electron chi connectivity index (χ2n) is 7.53. The standard InChI is InChI=1S/C16H28N2O3/c1-16(2,3)13(14(19)20)17-15(21)18-10-6-8-11-7-4-5-9-12(11)18/h11-13H,4-10H2,1-3H3,(H,17,21)(H,19,20)/t11-,12-,13+/m1/s1. The number of carboxylic acids is 1. The average molecular weight is 296 g/mol. The maximum atomic E-state index is 12.6. The van der Waals surface area contributed by atoms with Crippen molar-refractivity contribution in [1.29, 1.82) is 0 Å². The van der Waals surface area contributed by atoms with Gasteiger partial charge in [-0.1, -0.05) is 33.6 Å². The highest BCUT2D eigenvalue weighted by molar-refractivity contribution is 5.83. The maximum Gasteiger partial charge on any atom is 0.326 e. The molecule has 120 valence electrons. The van der Waals surface area contributed by atoms with Crippen molar-refractivity contribution in [2.75, 3.05) is 6.54 Å². The van der Waals surface area contributed by atoms with Gasteiger partial charge in [0.2, 0.25) is 0 Å². The molecule has 1 saturated carbocycles. The monoisotopic (exact) mass is 296 g/mol. The number of carbonyl (C=O) groups excluding carboxylic acids is 1. The summed E-state index contributed by atoms with van der Waals surface area (Å²) in [6.45, 7) is 6.27. The van der Waals surface area contributed by atoms with E-state index in [9.17, 15) is 14.7 Å². The van der Waals surface area contributed by atoms with Gasteiger partial charge in [-0.05, 0) is 37.0 Å². The number of aliphatic carboxylic acids is 1. The Morgan fingerprint density at radius 1 is 1.14 bits per heavy atom. The lowest BCUT2D eigenvalue weighted by molar-refractivity contribution is -0.142. The highest BCUT2D eigenvalue weighted by Gasteiger charge is 2.39. The first-order chi connectivity index (χ1) is 9.80. The van der Waals surface area contributed by atoms with E-state index in [0.717, 1.165) is 19.4 Å². The van der Waals surface area contributed by atoms with Crippen molar-refractivity contribution in [2.24, 2.45) is 11.3 Å². The fraction of sp³-hybridized carbons (Fsp3) is 0.875.